The zero-order valence-corrected chi connectivity index (χ0v) is 24.7. The van der Waals surface area contributed by atoms with E-state index < -0.39 is 17.8 Å². The molecule has 2 aromatic carbocycles. The van der Waals surface area contributed by atoms with Crippen molar-refractivity contribution in [3.63, 3.8) is 0 Å². The van der Waals surface area contributed by atoms with Crippen LogP contribution in [0.4, 0.5) is 11.5 Å². The van der Waals surface area contributed by atoms with Gasteiger partial charge in [0.05, 0.1) is 17.5 Å². The molecule has 44 heavy (non-hydrogen) atoms. The van der Waals surface area contributed by atoms with Gasteiger partial charge in [-0.1, -0.05) is 48.5 Å². The first-order chi connectivity index (χ1) is 21.3. The molecule has 1 atom stereocenters. The van der Waals surface area contributed by atoms with Gasteiger partial charge in [0, 0.05) is 37.0 Å². The first-order valence-corrected chi connectivity index (χ1v) is 14.6. The maximum Gasteiger partial charge on any atom is 0.364 e. The number of hydrogen-bond acceptors (Lipinski definition) is 9. The minimum atomic E-state index is -1.43. The summed E-state index contributed by atoms with van der Waals surface area (Å²) in [5, 5.41) is 21.7. The number of ether oxygens (including phenoxy) is 1. The Morgan fingerprint density at radius 2 is 1.80 bits per heavy atom. The third-order valence-electron chi connectivity index (χ3n) is 7.75. The molecule has 0 saturated carbocycles. The van der Waals surface area contributed by atoms with E-state index in [1.54, 1.807) is 20.0 Å². The van der Waals surface area contributed by atoms with Gasteiger partial charge >= 0.3 is 5.97 Å². The van der Waals surface area contributed by atoms with E-state index >= 15 is 0 Å². The molecule has 1 unspecified atom stereocenters. The number of nitrogens with zero attached hydrogens (tertiary/aromatic N) is 4. The fourth-order valence-electron chi connectivity index (χ4n) is 5.26. The van der Waals surface area contributed by atoms with E-state index in [0.29, 0.717) is 29.6 Å². The van der Waals surface area contributed by atoms with E-state index in [0.717, 1.165) is 54.0 Å². The number of carboxylic acids is 1. The molecule has 3 N–H and O–H groups in total. The van der Waals surface area contributed by atoms with Gasteiger partial charge in [-0.2, -0.15) is 0 Å². The van der Waals surface area contributed by atoms with Gasteiger partial charge in [-0.25, -0.2) is 19.6 Å². The second-order valence-corrected chi connectivity index (χ2v) is 10.9. The molecule has 0 radical (unpaired) electrons. The first-order valence-electron chi connectivity index (χ1n) is 14.6. The molecule has 1 aliphatic heterocycles. The third-order valence-corrected chi connectivity index (χ3v) is 7.75. The Labute approximate surface area is 256 Å². The number of piperidine rings is 1. The van der Waals surface area contributed by atoms with Crippen molar-refractivity contribution in [2.45, 2.75) is 45.8 Å². The molecule has 3 heterocycles. The van der Waals surface area contributed by atoms with Crippen LogP contribution in [0.5, 0.6) is 5.75 Å². The van der Waals surface area contributed by atoms with Crippen molar-refractivity contribution in [3.8, 4) is 17.0 Å². The summed E-state index contributed by atoms with van der Waals surface area (Å²) in [7, 11) is 0. The van der Waals surface area contributed by atoms with Crippen LogP contribution in [0, 0.1) is 12.8 Å². The van der Waals surface area contributed by atoms with Gasteiger partial charge < -0.3 is 25.2 Å². The number of carbonyl (C=O) groups is 1. The van der Waals surface area contributed by atoms with Gasteiger partial charge in [0.25, 0.3) is 0 Å². The van der Waals surface area contributed by atoms with E-state index in [2.05, 4.69) is 49.4 Å². The predicted octanol–water partition coefficient (Wildman–Crippen LogP) is 5.15. The number of aromatic nitrogens is 3. The summed E-state index contributed by atoms with van der Waals surface area (Å²) < 4.78 is 5.99. The third kappa shape index (κ3) is 7.47. The minimum absolute atomic E-state index is 0.136. The Morgan fingerprint density at radius 3 is 2.41 bits per heavy atom. The molecule has 1 fully saturated rings. The molecule has 5 rings (SSSR count). The molecular weight excluding hydrogens is 558 g/mol. The van der Waals surface area contributed by atoms with Crippen LogP contribution in [0.3, 0.4) is 0 Å². The number of anilines is 2. The average Bonchev–Trinajstić information content (AvgIpc) is 3.04. The number of carboxylic acid groups (broad SMARTS) is 1. The monoisotopic (exact) mass is 593 g/mol. The first kappa shape index (κ1) is 30.4. The second-order valence-electron chi connectivity index (χ2n) is 10.9. The van der Waals surface area contributed by atoms with Gasteiger partial charge in [0.2, 0.25) is 5.70 Å². The molecule has 1 saturated heterocycles. The minimum Gasteiger partial charge on any atom is -0.483 e. The van der Waals surface area contributed by atoms with Crippen LogP contribution in [0.25, 0.3) is 11.3 Å². The summed E-state index contributed by atoms with van der Waals surface area (Å²) >= 11 is 0. The Kier molecular flexibility index (Phi) is 9.64. The normalized spacial score (nSPS) is 14.0. The van der Waals surface area contributed by atoms with E-state index in [4.69, 9.17) is 4.74 Å². The Balaban J connectivity index is 1.24. The van der Waals surface area contributed by atoms with Gasteiger partial charge in [-0.15, -0.1) is 0 Å². The van der Waals surface area contributed by atoms with Crippen LogP contribution >= 0.6 is 0 Å². The molecule has 0 bridgehead atoms. The quantitative estimate of drug-likeness (QED) is 0.158. The summed E-state index contributed by atoms with van der Waals surface area (Å²) in [6, 6.07) is 21.7. The lowest BCUT2D eigenvalue weighted by molar-refractivity contribution is -0.132. The lowest BCUT2D eigenvalue weighted by Crippen LogP contribution is -2.34. The van der Waals surface area contributed by atoms with Crippen molar-refractivity contribution >= 4 is 23.4 Å². The zero-order chi connectivity index (χ0) is 31.1. The van der Waals surface area contributed by atoms with Gasteiger partial charge in [-0.3, -0.25) is 4.98 Å². The molecule has 226 valence electrons. The van der Waals surface area contributed by atoms with E-state index in [-0.39, 0.29) is 12.4 Å². The lowest BCUT2D eigenvalue weighted by atomic mass is 9.92. The molecule has 2 aromatic heterocycles. The van der Waals surface area contributed by atoms with Crippen LogP contribution in [-0.2, 0) is 22.6 Å². The molecular formula is C34H35N5O5. The average molecular weight is 594 g/mol. The van der Waals surface area contributed by atoms with E-state index in [1.807, 2.05) is 42.5 Å². The van der Waals surface area contributed by atoms with Crippen LogP contribution in [0.2, 0.25) is 0 Å². The number of pyridine rings is 1. The maximum atomic E-state index is 11.5. The molecule has 1 aliphatic rings. The number of carbonyl (C=O) groups excluding carboxylic acids is 1. The number of aryl methyl sites for hydroxylation is 1. The summed E-state index contributed by atoms with van der Waals surface area (Å²) in [5.41, 5.74) is 4.64. The Bertz CT molecular complexity index is 1630. The van der Waals surface area contributed by atoms with Crippen LogP contribution in [0.15, 0.2) is 78.6 Å². The predicted molar refractivity (Wildman–Crippen MR) is 167 cm³/mol. The smallest absolute Gasteiger partial charge is 0.364 e. The molecule has 10 nitrogen and oxygen atoms in total. The molecule has 0 amide bonds. The number of hydrogen-bond donors (Lipinski definition) is 3. The second kappa shape index (κ2) is 13.9. The van der Waals surface area contributed by atoms with Crippen molar-refractivity contribution in [1.29, 1.82) is 0 Å². The van der Waals surface area contributed by atoms with Gasteiger partial charge in [-0.05, 0) is 61.9 Å². The number of aliphatic carboxylic acids is 1. The highest BCUT2D eigenvalue weighted by Crippen LogP contribution is 2.31. The topological polar surface area (TPSA) is 138 Å². The molecule has 0 spiro atoms. The maximum absolute atomic E-state index is 11.5. The van der Waals surface area contributed by atoms with Crippen LogP contribution < -0.4 is 15.0 Å². The van der Waals surface area contributed by atoms with Crippen molar-refractivity contribution in [2.75, 3.05) is 23.3 Å². The summed E-state index contributed by atoms with van der Waals surface area (Å²) in [4.78, 5) is 38.9. The Morgan fingerprint density at radius 1 is 1.07 bits per heavy atom. The highest BCUT2D eigenvalue weighted by atomic mass is 16.5. The van der Waals surface area contributed by atoms with Crippen LogP contribution in [-0.4, -0.2) is 50.2 Å². The lowest BCUT2D eigenvalue weighted by Gasteiger charge is -2.33. The summed E-state index contributed by atoms with van der Waals surface area (Å²) in [6.45, 7) is 5.50. The highest BCUT2D eigenvalue weighted by molar-refractivity contribution is 5.98. The van der Waals surface area contributed by atoms with Crippen molar-refractivity contribution in [3.05, 3.63) is 101 Å². The SMILES string of the molecule is Cc1nc(CC2CCN(c3ccc(-c4ccc(C(C)O)cn4)cc3)CC2)nc(NC(=C=O)C(=O)O)c1OCc1ccccc1. The van der Waals surface area contributed by atoms with Crippen molar-refractivity contribution < 1.29 is 24.5 Å². The highest BCUT2D eigenvalue weighted by Gasteiger charge is 2.23. The van der Waals surface area contributed by atoms with Gasteiger partial charge in [0.1, 0.15) is 12.4 Å². The standard InChI is InChI=1S/C34H35N5O5/c1-22-32(44-21-25-6-4-3-5-7-25)33(37-30(20-40)34(42)43)38-31(36-22)18-24-14-16-39(17-15-24)28-11-8-26(9-12-28)29-13-10-27(19-35-29)23(2)41/h3-13,19,23-24,41H,14-18,21H2,1-2H3,(H,42,43)(H,36,37,38). The number of aliphatic hydroxyl groups excluding tert-OH is 1. The number of rotatable bonds is 11. The summed E-state index contributed by atoms with van der Waals surface area (Å²) in [5.74, 6) is 1.33. The van der Waals surface area contributed by atoms with Crippen LogP contribution in [0.1, 0.15) is 48.5 Å². The number of benzene rings is 2. The Hall–Kier alpha value is -5.05. The van der Waals surface area contributed by atoms with E-state index in [1.165, 1.54) is 5.94 Å². The van der Waals surface area contributed by atoms with E-state index in [9.17, 15) is 19.8 Å². The van der Waals surface area contributed by atoms with Crippen molar-refractivity contribution in [2.24, 2.45) is 5.92 Å². The number of aliphatic hydroxyl groups is 1. The van der Waals surface area contributed by atoms with Gasteiger partial charge in [0.15, 0.2) is 17.5 Å². The zero-order valence-electron chi connectivity index (χ0n) is 24.7. The fraction of sp³-hybridized carbons (Fsp3) is 0.294. The molecule has 10 heteroatoms. The largest absolute Gasteiger partial charge is 0.483 e. The summed E-state index contributed by atoms with van der Waals surface area (Å²) in [6.07, 6.45) is 3.66. The number of nitrogens with one attached hydrogen (secondary N) is 1. The molecule has 0 aliphatic carbocycles. The fourth-order valence-corrected chi connectivity index (χ4v) is 5.26. The van der Waals surface area contributed by atoms with Crippen molar-refractivity contribution in [1.82, 2.24) is 15.0 Å². The molecule has 4 aromatic rings.